The van der Waals surface area contributed by atoms with Gasteiger partial charge in [0.05, 0.1) is 0 Å². The van der Waals surface area contributed by atoms with Gasteiger partial charge >= 0.3 is 5.97 Å². The lowest BCUT2D eigenvalue weighted by atomic mass is 10.1. The fourth-order valence-corrected chi connectivity index (χ4v) is 1.85. The summed E-state index contributed by atoms with van der Waals surface area (Å²) in [5, 5.41) is 2.09. The Hall–Kier alpha value is -2.29. The maximum absolute atomic E-state index is 11.6. The number of benzene rings is 2. The van der Waals surface area contributed by atoms with Crippen molar-refractivity contribution in [2.24, 2.45) is 0 Å². The quantitative estimate of drug-likeness (QED) is 0.466. The van der Waals surface area contributed by atoms with Crippen molar-refractivity contribution in [3.05, 3.63) is 54.6 Å². The molecule has 0 amide bonds. The molecule has 104 valence electrons. The molecule has 3 heteroatoms. The van der Waals surface area contributed by atoms with Crippen molar-refractivity contribution in [2.75, 3.05) is 0 Å². The summed E-state index contributed by atoms with van der Waals surface area (Å²) in [6, 6.07) is 13.7. The van der Waals surface area contributed by atoms with E-state index in [4.69, 9.17) is 9.47 Å². The van der Waals surface area contributed by atoms with Gasteiger partial charge in [-0.15, -0.1) is 0 Å². The summed E-state index contributed by atoms with van der Waals surface area (Å²) < 4.78 is 11.1. The highest BCUT2D eigenvalue weighted by Crippen LogP contribution is 2.26. The lowest BCUT2D eigenvalue weighted by Gasteiger charge is -2.19. The van der Waals surface area contributed by atoms with Crippen LogP contribution in [0.15, 0.2) is 54.6 Å². The molecular formula is C17H18O3. The topological polar surface area (TPSA) is 35.5 Å². The first-order chi connectivity index (χ1) is 9.61. The SMILES string of the molecule is C=C(C)C(=O)OC(CC)Oc1cccc2ccccc12. The lowest BCUT2D eigenvalue weighted by molar-refractivity contribution is -0.158. The normalized spacial score (nSPS) is 11.9. The molecule has 0 saturated heterocycles. The zero-order valence-corrected chi connectivity index (χ0v) is 11.8. The van der Waals surface area contributed by atoms with Crippen LogP contribution in [0.2, 0.25) is 0 Å². The van der Waals surface area contributed by atoms with Crippen LogP contribution in [-0.2, 0) is 9.53 Å². The zero-order chi connectivity index (χ0) is 14.5. The van der Waals surface area contributed by atoms with Crippen molar-refractivity contribution >= 4 is 16.7 Å². The van der Waals surface area contributed by atoms with Crippen LogP contribution in [0.1, 0.15) is 20.3 Å². The first-order valence-corrected chi connectivity index (χ1v) is 6.62. The van der Waals surface area contributed by atoms with Gasteiger partial charge < -0.3 is 9.47 Å². The van der Waals surface area contributed by atoms with Crippen LogP contribution in [-0.4, -0.2) is 12.3 Å². The molecule has 20 heavy (non-hydrogen) atoms. The van der Waals surface area contributed by atoms with Gasteiger partial charge in [-0.1, -0.05) is 49.9 Å². The number of carbonyl (C=O) groups is 1. The summed E-state index contributed by atoms with van der Waals surface area (Å²) in [5.41, 5.74) is 0.366. The van der Waals surface area contributed by atoms with Crippen LogP contribution in [0.3, 0.4) is 0 Å². The molecule has 0 spiro atoms. The molecule has 2 aromatic carbocycles. The smallest absolute Gasteiger partial charge is 0.336 e. The van der Waals surface area contributed by atoms with Crippen molar-refractivity contribution < 1.29 is 14.3 Å². The molecule has 0 aliphatic carbocycles. The molecule has 0 fully saturated rings. The average Bonchev–Trinajstić information content (AvgIpc) is 2.46. The molecule has 2 aromatic rings. The molecule has 0 aliphatic heterocycles. The average molecular weight is 270 g/mol. The molecular weight excluding hydrogens is 252 g/mol. The maximum atomic E-state index is 11.6. The van der Waals surface area contributed by atoms with E-state index in [0.29, 0.717) is 17.7 Å². The van der Waals surface area contributed by atoms with E-state index in [0.717, 1.165) is 10.8 Å². The van der Waals surface area contributed by atoms with Gasteiger partial charge in [0.25, 0.3) is 0 Å². The third kappa shape index (κ3) is 3.18. The third-order valence-corrected chi connectivity index (χ3v) is 2.93. The van der Waals surface area contributed by atoms with Crippen LogP contribution in [0.4, 0.5) is 0 Å². The molecule has 0 saturated carbocycles. The van der Waals surface area contributed by atoms with E-state index < -0.39 is 12.3 Å². The lowest BCUT2D eigenvalue weighted by Crippen LogP contribution is -2.23. The Morgan fingerprint density at radius 3 is 2.60 bits per heavy atom. The van der Waals surface area contributed by atoms with Gasteiger partial charge in [0.2, 0.25) is 6.29 Å². The fourth-order valence-electron chi connectivity index (χ4n) is 1.85. The summed E-state index contributed by atoms with van der Waals surface area (Å²) in [5.74, 6) is 0.279. The molecule has 1 atom stereocenters. The van der Waals surface area contributed by atoms with E-state index in [-0.39, 0.29) is 0 Å². The highest BCUT2D eigenvalue weighted by molar-refractivity contribution is 5.88. The molecule has 1 unspecified atom stereocenters. The summed E-state index contributed by atoms with van der Waals surface area (Å²) >= 11 is 0. The fraction of sp³-hybridized carbons (Fsp3) is 0.235. The predicted molar refractivity (Wildman–Crippen MR) is 79.6 cm³/mol. The summed E-state index contributed by atoms with van der Waals surface area (Å²) in [4.78, 5) is 11.6. The van der Waals surface area contributed by atoms with E-state index in [1.165, 1.54) is 0 Å². The van der Waals surface area contributed by atoms with Gasteiger partial charge in [0.1, 0.15) is 5.75 Å². The van der Waals surface area contributed by atoms with Crippen LogP contribution in [0.25, 0.3) is 10.8 Å². The second-order valence-electron chi connectivity index (χ2n) is 4.62. The number of rotatable bonds is 5. The summed E-state index contributed by atoms with van der Waals surface area (Å²) in [7, 11) is 0. The number of fused-ring (bicyclic) bond motifs is 1. The van der Waals surface area contributed by atoms with Crippen molar-refractivity contribution in [1.82, 2.24) is 0 Å². The van der Waals surface area contributed by atoms with Gasteiger partial charge in [-0.05, 0) is 18.4 Å². The molecule has 0 aliphatic rings. The predicted octanol–water partition coefficient (Wildman–Crippen LogP) is 4.07. The van der Waals surface area contributed by atoms with E-state index in [1.807, 2.05) is 49.4 Å². The minimum atomic E-state index is -0.606. The second-order valence-corrected chi connectivity index (χ2v) is 4.62. The Balaban J connectivity index is 2.21. The number of ether oxygens (including phenoxy) is 2. The Morgan fingerprint density at radius 1 is 1.20 bits per heavy atom. The van der Waals surface area contributed by atoms with Gasteiger partial charge in [0.15, 0.2) is 0 Å². The van der Waals surface area contributed by atoms with Crippen LogP contribution >= 0.6 is 0 Å². The van der Waals surface area contributed by atoms with Gasteiger partial charge in [-0.2, -0.15) is 0 Å². The highest BCUT2D eigenvalue weighted by Gasteiger charge is 2.15. The van der Waals surface area contributed by atoms with Gasteiger partial charge in [-0.3, -0.25) is 0 Å². The second kappa shape index (κ2) is 6.24. The molecule has 2 rings (SSSR count). The molecule has 0 radical (unpaired) electrons. The van der Waals surface area contributed by atoms with E-state index in [2.05, 4.69) is 6.58 Å². The Kier molecular flexibility index (Phi) is 4.41. The molecule has 0 heterocycles. The number of carbonyl (C=O) groups excluding carboxylic acids is 1. The molecule has 3 nitrogen and oxygen atoms in total. The maximum Gasteiger partial charge on any atom is 0.336 e. The summed E-state index contributed by atoms with van der Waals surface area (Å²) in [6.45, 7) is 7.09. The van der Waals surface area contributed by atoms with E-state index in [9.17, 15) is 4.79 Å². The van der Waals surface area contributed by atoms with E-state index >= 15 is 0 Å². The number of esters is 1. The molecule has 0 aromatic heterocycles. The minimum absolute atomic E-state index is 0.366. The van der Waals surface area contributed by atoms with E-state index in [1.54, 1.807) is 6.92 Å². The van der Waals surface area contributed by atoms with Crippen molar-refractivity contribution in [1.29, 1.82) is 0 Å². The first-order valence-electron chi connectivity index (χ1n) is 6.62. The number of hydrogen-bond acceptors (Lipinski definition) is 3. The highest BCUT2D eigenvalue weighted by atomic mass is 16.7. The Labute approximate surface area is 118 Å². The van der Waals surface area contributed by atoms with Gasteiger partial charge in [0, 0.05) is 17.4 Å². The van der Waals surface area contributed by atoms with Gasteiger partial charge in [-0.25, -0.2) is 4.79 Å². The molecule has 0 N–H and O–H groups in total. The largest absolute Gasteiger partial charge is 0.454 e. The standard InChI is InChI=1S/C17H18O3/c1-4-16(20-17(18)12(2)3)19-15-11-7-9-13-8-5-6-10-14(13)15/h5-11,16H,2,4H2,1,3H3. The van der Waals surface area contributed by atoms with Crippen molar-refractivity contribution in [3.8, 4) is 5.75 Å². The van der Waals surface area contributed by atoms with Crippen LogP contribution < -0.4 is 4.74 Å². The Bertz CT molecular complexity index is 626. The third-order valence-electron chi connectivity index (χ3n) is 2.93. The Morgan fingerprint density at radius 2 is 1.90 bits per heavy atom. The zero-order valence-electron chi connectivity index (χ0n) is 11.8. The molecule has 0 bridgehead atoms. The monoisotopic (exact) mass is 270 g/mol. The summed E-state index contributed by atoms with van der Waals surface area (Å²) in [6.07, 6.45) is -0.0348. The minimum Gasteiger partial charge on any atom is -0.454 e. The van der Waals surface area contributed by atoms with Crippen LogP contribution in [0, 0.1) is 0 Å². The van der Waals surface area contributed by atoms with Crippen LogP contribution in [0.5, 0.6) is 5.75 Å². The van der Waals surface area contributed by atoms with Crippen molar-refractivity contribution in [2.45, 2.75) is 26.6 Å². The van der Waals surface area contributed by atoms with Crippen molar-refractivity contribution in [3.63, 3.8) is 0 Å². The number of hydrogen-bond donors (Lipinski definition) is 0. The first kappa shape index (κ1) is 14.1.